The van der Waals surface area contributed by atoms with Gasteiger partial charge in [0.05, 0.1) is 17.3 Å². The maximum Gasteiger partial charge on any atom is 0.256 e. The van der Waals surface area contributed by atoms with E-state index in [4.69, 9.17) is 0 Å². The number of piperazine rings is 1. The Balaban J connectivity index is 1.39. The lowest BCUT2D eigenvalue weighted by molar-refractivity contribution is -0.117. The minimum absolute atomic E-state index is 0.0494. The van der Waals surface area contributed by atoms with Crippen LogP contribution in [0.1, 0.15) is 54.1 Å². The molecule has 0 aliphatic carbocycles. The fourth-order valence-corrected chi connectivity index (χ4v) is 5.92. The predicted molar refractivity (Wildman–Crippen MR) is 141 cm³/mol. The minimum atomic E-state index is -0.171. The van der Waals surface area contributed by atoms with Gasteiger partial charge in [-0.25, -0.2) is 4.98 Å². The molecule has 4 heterocycles. The standard InChI is InChI=1S/C28H35N5O3/c1-19-15-20(2)27(29-17-19)30-11-13-31(14-12-30)28(36)24-9-8-22(33-21(3)6-7-23(33)18-34)16-25(24)32-10-4-5-26(32)35/h8-9,15-18,21,23H,4-7,10-14H2,1-3H3. The fourth-order valence-electron chi connectivity index (χ4n) is 5.92. The first-order valence-corrected chi connectivity index (χ1v) is 13.0. The third-order valence-electron chi connectivity index (χ3n) is 7.80. The number of anilines is 3. The van der Waals surface area contributed by atoms with Gasteiger partial charge >= 0.3 is 0 Å². The van der Waals surface area contributed by atoms with Crippen LogP contribution in [0.4, 0.5) is 17.2 Å². The van der Waals surface area contributed by atoms with E-state index in [1.54, 1.807) is 4.90 Å². The number of rotatable bonds is 5. The molecule has 0 radical (unpaired) electrons. The summed E-state index contributed by atoms with van der Waals surface area (Å²) in [5, 5.41) is 0. The molecular formula is C28H35N5O3. The molecule has 2 aromatic rings. The van der Waals surface area contributed by atoms with Crippen LogP contribution in [0.2, 0.25) is 0 Å². The Labute approximate surface area is 212 Å². The highest BCUT2D eigenvalue weighted by molar-refractivity contribution is 6.06. The van der Waals surface area contributed by atoms with Gasteiger partial charge in [-0.15, -0.1) is 0 Å². The molecule has 3 fully saturated rings. The average molecular weight is 490 g/mol. The number of aldehydes is 1. The van der Waals surface area contributed by atoms with Crippen molar-refractivity contribution in [3.63, 3.8) is 0 Å². The van der Waals surface area contributed by atoms with E-state index in [0.29, 0.717) is 50.4 Å². The lowest BCUT2D eigenvalue weighted by Crippen LogP contribution is -2.49. The maximum absolute atomic E-state index is 13.7. The van der Waals surface area contributed by atoms with Crippen LogP contribution < -0.4 is 14.7 Å². The lowest BCUT2D eigenvalue weighted by atomic mass is 10.1. The largest absolute Gasteiger partial charge is 0.359 e. The highest BCUT2D eigenvalue weighted by atomic mass is 16.2. The smallest absolute Gasteiger partial charge is 0.256 e. The number of hydrogen-bond donors (Lipinski definition) is 0. The average Bonchev–Trinajstić information content (AvgIpc) is 3.48. The van der Waals surface area contributed by atoms with E-state index < -0.39 is 0 Å². The fraction of sp³-hybridized carbons (Fsp3) is 0.500. The van der Waals surface area contributed by atoms with Crippen molar-refractivity contribution in [2.45, 2.75) is 58.5 Å². The van der Waals surface area contributed by atoms with E-state index in [0.717, 1.165) is 48.2 Å². The molecule has 3 aliphatic heterocycles. The Bertz CT molecular complexity index is 1170. The number of hydrogen-bond acceptors (Lipinski definition) is 6. The number of aromatic nitrogens is 1. The second kappa shape index (κ2) is 9.91. The number of nitrogens with zero attached hydrogens (tertiary/aromatic N) is 5. The molecule has 1 aromatic heterocycles. The van der Waals surface area contributed by atoms with Crippen LogP contribution in [0.5, 0.6) is 0 Å². The monoisotopic (exact) mass is 489 g/mol. The van der Waals surface area contributed by atoms with Crippen LogP contribution in [0.3, 0.4) is 0 Å². The van der Waals surface area contributed by atoms with E-state index >= 15 is 0 Å². The molecule has 8 heteroatoms. The van der Waals surface area contributed by atoms with Crippen LogP contribution >= 0.6 is 0 Å². The zero-order valence-corrected chi connectivity index (χ0v) is 21.4. The molecule has 8 nitrogen and oxygen atoms in total. The van der Waals surface area contributed by atoms with Gasteiger partial charge in [-0.05, 0) is 69.4 Å². The maximum atomic E-state index is 13.7. The zero-order chi connectivity index (χ0) is 25.4. The van der Waals surface area contributed by atoms with Gasteiger partial charge in [-0.3, -0.25) is 9.59 Å². The topological polar surface area (TPSA) is 77.1 Å². The van der Waals surface area contributed by atoms with Gasteiger partial charge in [0.15, 0.2) is 0 Å². The number of carbonyl (C=O) groups is 3. The van der Waals surface area contributed by atoms with E-state index in [2.05, 4.69) is 34.7 Å². The van der Waals surface area contributed by atoms with Gasteiger partial charge in [-0.2, -0.15) is 0 Å². The third kappa shape index (κ3) is 4.45. The van der Waals surface area contributed by atoms with Gasteiger partial charge < -0.3 is 24.4 Å². The summed E-state index contributed by atoms with van der Waals surface area (Å²) in [4.78, 5) is 50.8. The second-order valence-corrected chi connectivity index (χ2v) is 10.3. The number of amides is 2. The van der Waals surface area contributed by atoms with E-state index in [1.165, 1.54) is 0 Å². The van der Waals surface area contributed by atoms with E-state index in [1.807, 2.05) is 36.2 Å². The van der Waals surface area contributed by atoms with Gasteiger partial charge in [-0.1, -0.05) is 6.07 Å². The summed E-state index contributed by atoms with van der Waals surface area (Å²) in [6.07, 6.45) is 5.95. The highest BCUT2D eigenvalue weighted by Crippen LogP contribution is 2.36. The van der Waals surface area contributed by atoms with Crippen molar-refractivity contribution < 1.29 is 14.4 Å². The normalized spacial score (nSPS) is 22.5. The van der Waals surface area contributed by atoms with Crippen LogP contribution in [-0.2, 0) is 9.59 Å². The van der Waals surface area contributed by atoms with Crippen LogP contribution in [0.15, 0.2) is 30.5 Å². The first-order valence-electron chi connectivity index (χ1n) is 13.0. The molecule has 2 unspecified atom stereocenters. The van der Waals surface area contributed by atoms with Crippen molar-refractivity contribution in [2.24, 2.45) is 0 Å². The summed E-state index contributed by atoms with van der Waals surface area (Å²) >= 11 is 0. The summed E-state index contributed by atoms with van der Waals surface area (Å²) < 4.78 is 0. The predicted octanol–water partition coefficient (Wildman–Crippen LogP) is 3.34. The molecule has 0 spiro atoms. The Hall–Kier alpha value is -3.42. The molecule has 0 bridgehead atoms. The first kappa shape index (κ1) is 24.3. The van der Waals surface area contributed by atoms with Crippen molar-refractivity contribution >= 4 is 35.3 Å². The highest BCUT2D eigenvalue weighted by Gasteiger charge is 2.34. The molecule has 0 saturated carbocycles. The van der Waals surface area contributed by atoms with Crippen molar-refractivity contribution in [3.05, 3.63) is 47.2 Å². The Morgan fingerprint density at radius 3 is 2.50 bits per heavy atom. The first-order chi connectivity index (χ1) is 17.4. The van der Waals surface area contributed by atoms with Gasteiger partial charge in [0.25, 0.3) is 5.91 Å². The van der Waals surface area contributed by atoms with Crippen molar-refractivity contribution in [2.75, 3.05) is 47.4 Å². The van der Waals surface area contributed by atoms with Gasteiger partial charge in [0.1, 0.15) is 12.1 Å². The summed E-state index contributed by atoms with van der Waals surface area (Å²) in [6, 6.07) is 7.93. The Morgan fingerprint density at radius 1 is 1.06 bits per heavy atom. The SMILES string of the molecule is Cc1cnc(N2CCN(C(=O)c3ccc(N4C(C)CCC4C=O)cc3N3CCCC3=O)CC2)c(C)c1. The Morgan fingerprint density at radius 2 is 1.83 bits per heavy atom. The molecule has 3 saturated heterocycles. The summed E-state index contributed by atoms with van der Waals surface area (Å²) in [5.41, 5.74) is 4.41. The molecule has 0 N–H and O–H groups in total. The van der Waals surface area contributed by atoms with E-state index in [-0.39, 0.29) is 23.9 Å². The van der Waals surface area contributed by atoms with Crippen LogP contribution in [0, 0.1) is 13.8 Å². The second-order valence-electron chi connectivity index (χ2n) is 10.3. The van der Waals surface area contributed by atoms with Crippen molar-refractivity contribution in [1.29, 1.82) is 0 Å². The quantitative estimate of drug-likeness (QED) is 0.600. The van der Waals surface area contributed by atoms with Crippen molar-refractivity contribution in [1.82, 2.24) is 9.88 Å². The molecule has 2 amide bonds. The minimum Gasteiger partial charge on any atom is -0.359 e. The van der Waals surface area contributed by atoms with Gasteiger partial charge in [0.2, 0.25) is 5.91 Å². The third-order valence-corrected chi connectivity index (χ3v) is 7.80. The lowest BCUT2D eigenvalue weighted by Gasteiger charge is -2.37. The molecule has 190 valence electrons. The summed E-state index contributed by atoms with van der Waals surface area (Å²) in [5.74, 6) is 0.976. The van der Waals surface area contributed by atoms with Crippen molar-refractivity contribution in [3.8, 4) is 0 Å². The van der Waals surface area contributed by atoms with Gasteiger partial charge in [0, 0.05) is 57.1 Å². The zero-order valence-electron chi connectivity index (χ0n) is 21.4. The van der Waals surface area contributed by atoms with Crippen LogP contribution in [-0.4, -0.2) is 72.8 Å². The number of carbonyl (C=O) groups excluding carboxylic acids is 3. The molecule has 3 aliphatic rings. The molecule has 36 heavy (non-hydrogen) atoms. The summed E-state index contributed by atoms with van der Waals surface area (Å²) in [7, 11) is 0. The molecule has 5 rings (SSSR count). The summed E-state index contributed by atoms with van der Waals surface area (Å²) in [6.45, 7) is 9.46. The molecule has 2 atom stereocenters. The van der Waals surface area contributed by atoms with E-state index in [9.17, 15) is 14.4 Å². The molecule has 1 aromatic carbocycles. The number of pyridine rings is 1. The molecular weight excluding hydrogens is 454 g/mol. The van der Waals surface area contributed by atoms with Crippen LogP contribution in [0.25, 0.3) is 0 Å². The number of benzene rings is 1. The number of aryl methyl sites for hydroxylation is 2. The Kier molecular flexibility index (Phi) is 6.69.